The summed E-state index contributed by atoms with van der Waals surface area (Å²) in [6.45, 7) is 7.88. The Morgan fingerprint density at radius 2 is 2.05 bits per heavy atom. The molecule has 0 saturated carbocycles. The summed E-state index contributed by atoms with van der Waals surface area (Å²) < 4.78 is 21.4. The molecule has 0 bridgehead atoms. The third kappa shape index (κ3) is 3.99. The summed E-state index contributed by atoms with van der Waals surface area (Å²) >= 11 is 1.55. The molecule has 5 heteroatoms. The number of rotatable bonds is 6. The highest BCUT2D eigenvalue weighted by atomic mass is 32.2. The quantitative estimate of drug-likeness (QED) is 0.816. The van der Waals surface area contributed by atoms with Gasteiger partial charge >= 0.3 is 0 Å². The highest BCUT2D eigenvalue weighted by Gasteiger charge is 2.12. The number of fused-ring (bicyclic) bond motifs is 1. The van der Waals surface area contributed by atoms with E-state index < -0.39 is 0 Å². The maximum atomic E-state index is 13.9. The number of aromatic nitrogens is 1. The summed E-state index contributed by atoms with van der Waals surface area (Å²) in [6, 6.07) is 3.62. The molecular formula is C16H24FN3S. The molecule has 21 heavy (non-hydrogen) atoms. The fourth-order valence-corrected chi connectivity index (χ4v) is 2.89. The van der Waals surface area contributed by atoms with Gasteiger partial charge in [0.15, 0.2) is 0 Å². The van der Waals surface area contributed by atoms with Gasteiger partial charge in [-0.3, -0.25) is 0 Å². The highest BCUT2D eigenvalue weighted by molar-refractivity contribution is 7.95. The molecule has 0 amide bonds. The second-order valence-electron chi connectivity index (χ2n) is 6.04. The Bertz CT molecular complexity index is 619. The lowest BCUT2D eigenvalue weighted by molar-refractivity contribution is 0.534. The zero-order valence-electron chi connectivity index (χ0n) is 13.4. The number of hydrogen-bond acceptors (Lipinski definition) is 3. The lowest BCUT2D eigenvalue weighted by atomic mass is 10.1. The van der Waals surface area contributed by atoms with Gasteiger partial charge in [-0.2, -0.15) is 0 Å². The SMILES string of the molecule is Cc1cc2c(cc1F)c(CNSN(C)C)cn2CC(C)C. The summed E-state index contributed by atoms with van der Waals surface area (Å²) in [7, 11) is 3.98. The fraction of sp³-hybridized carbons (Fsp3) is 0.500. The van der Waals surface area contributed by atoms with Crippen LogP contribution in [0.4, 0.5) is 4.39 Å². The topological polar surface area (TPSA) is 20.2 Å². The average Bonchev–Trinajstić information content (AvgIpc) is 2.67. The first kappa shape index (κ1) is 16.3. The fourth-order valence-electron chi connectivity index (χ4n) is 2.41. The van der Waals surface area contributed by atoms with Gasteiger partial charge in [-0.05, 0) is 50.2 Å². The number of benzene rings is 1. The molecule has 1 aromatic heterocycles. The van der Waals surface area contributed by atoms with E-state index in [1.807, 2.05) is 31.4 Å². The largest absolute Gasteiger partial charge is 0.347 e. The first-order chi connectivity index (χ1) is 9.88. The third-order valence-corrected chi connectivity index (χ3v) is 3.95. The molecular weight excluding hydrogens is 285 g/mol. The number of hydrogen-bond donors (Lipinski definition) is 1. The Labute approximate surface area is 130 Å². The second kappa shape index (κ2) is 6.81. The van der Waals surface area contributed by atoms with Crippen molar-refractivity contribution in [3.8, 4) is 0 Å². The summed E-state index contributed by atoms with van der Waals surface area (Å²) in [6.07, 6.45) is 2.15. The normalized spacial score (nSPS) is 12.0. The molecule has 0 unspecified atom stereocenters. The number of nitrogens with one attached hydrogen (secondary N) is 1. The molecule has 2 rings (SSSR count). The van der Waals surface area contributed by atoms with Crippen LogP contribution in [0.5, 0.6) is 0 Å². The Balaban J connectivity index is 2.37. The molecule has 1 N–H and O–H groups in total. The van der Waals surface area contributed by atoms with Crippen molar-refractivity contribution in [2.45, 2.75) is 33.9 Å². The van der Waals surface area contributed by atoms with Crippen molar-refractivity contribution in [2.75, 3.05) is 14.1 Å². The Hall–Kier alpha value is -1.04. The molecule has 0 aliphatic carbocycles. The maximum absolute atomic E-state index is 13.9. The van der Waals surface area contributed by atoms with Crippen LogP contribution >= 0.6 is 12.1 Å². The molecule has 0 saturated heterocycles. The summed E-state index contributed by atoms with van der Waals surface area (Å²) in [5.74, 6) is 0.425. The summed E-state index contributed by atoms with van der Waals surface area (Å²) in [5.41, 5.74) is 2.96. The van der Waals surface area contributed by atoms with Gasteiger partial charge in [0.25, 0.3) is 0 Å². The molecule has 3 nitrogen and oxygen atoms in total. The Kier molecular flexibility index (Phi) is 5.30. The molecule has 0 fully saturated rings. The van der Waals surface area contributed by atoms with Crippen molar-refractivity contribution in [1.29, 1.82) is 0 Å². The minimum Gasteiger partial charge on any atom is -0.347 e. The van der Waals surface area contributed by atoms with Gasteiger partial charge in [-0.15, -0.1) is 0 Å². The van der Waals surface area contributed by atoms with Gasteiger partial charge < -0.3 is 4.57 Å². The van der Waals surface area contributed by atoms with E-state index in [0.29, 0.717) is 18.0 Å². The monoisotopic (exact) mass is 309 g/mol. The van der Waals surface area contributed by atoms with Crippen LogP contribution in [0.2, 0.25) is 0 Å². The molecule has 0 atom stereocenters. The smallest absolute Gasteiger partial charge is 0.126 e. The molecule has 1 aromatic carbocycles. The van der Waals surface area contributed by atoms with Crippen molar-refractivity contribution < 1.29 is 4.39 Å². The molecule has 0 radical (unpaired) electrons. The predicted molar refractivity (Wildman–Crippen MR) is 89.6 cm³/mol. The van der Waals surface area contributed by atoms with E-state index in [-0.39, 0.29) is 5.82 Å². The van der Waals surface area contributed by atoms with Crippen LogP contribution in [0.3, 0.4) is 0 Å². The Morgan fingerprint density at radius 1 is 1.33 bits per heavy atom. The van der Waals surface area contributed by atoms with Gasteiger partial charge in [-0.1, -0.05) is 13.8 Å². The molecule has 0 aliphatic heterocycles. The number of nitrogens with zero attached hydrogens (tertiary/aromatic N) is 2. The molecule has 0 aliphatic rings. The highest BCUT2D eigenvalue weighted by Crippen LogP contribution is 2.26. The Morgan fingerprint density at radius 3 is 2.67 bits per heavy atom. The molecule has 1 heterocycles. The van der Waals surface area contributed by atoms with E-state index in [9.17, 15) is 4.39 Å². The van der Waals surface area contributed by atoms with Crippen LogP contribution in [-0.2, 0) is 13.1 Å². The van der Waals surface area contributed by atoms with Gasteiger partial charge in [0.1, 0.15) is 5.82 Å². The number of aryl methyl sites for hydroxylation is 1. The minimum absolute atomic E-state index is 0.133. The summed E-state index contributed by atoms with van der Waals surface area (Å²) in [5, 5.41) is 1.01. The van der Waals surface area contributed by atoms with Gasteiger partial charge in [0.05, 0.1) is 0 Å². The predicted octanol–water partition coefficient (Wildman–Crippen LogP) is 3.96. The zero-order chi connectivity index (χ0) is 15.6. The van der Waals surface area contributed by atoms with E-state index >= 15 is 0 Å². The molecule has 0 spiro atoms. The first-order valence-corrected chi connectivity index (χ1v) is 8.00. The van der Waals surface area contributed by atoms with Crippen LogP contribution in [0.25, 0.3) is 10.9 Å². The van der Waals surface area contributed by atoms with E-state index in [4.69, 9.17) is 0 Å². The van der Waals surface area contributed by atoms with Crippen molar-refractivity contribution in [2.24, 2.45) is 5.92 Å². The van der Waals surface area contributed by atoms with Crippen LogP contribution in [0.15, 0.2) is 18.3 Å². The maximum Gasteiger partial charge on any atom is 0.126 e. The average molecular weight is 309 g/mol. The van der Waals surface area contributed by atoms with E-state index in [1.165, 1.54) is 0 Å². The van der Waals surface area contributed by atoms with Crippen molar-refractivity contribution in [3.63, 3.8) is 0 Å². The standard InChI is InChI=1S/C16H24FN3S/c1-11(2)9-20-10-13(8-18-21-19(4)5)14-7-15(17)12(3)6-16(14)20/h6-7,10-11,18H,8-9H2,1-5H3. The van der Waals surface area contributed by atoms with Gasteiger partial charge in [0, 0.05) is 42.3 Å². The van der Waals surface area contributed by atoms with Crippen LogP contribution in [-0.4, -0.2) is 23.0 Å². The summed E-state index contributed by atoms with van der Waals surface area (Å²) in [4.78, 5) is 0. The van der Waals surface area contributed by atoms with Crippen molar-refractivity contribution in [1.82, 2.24) is 13.6 Å². The van der Waals surface area contributed by atoms with Crippen LogP contribution in [0.1, 0.15) is 25.0 Å². The van der Waals surface area contributed by atoms with Crippen LogP contribution in [0, 0.1) is 18.7 Å². The van der Waals surface area contributed by atoms with E-state index in [0.717, 1.165) is 23.0 Å². The van der Waals surface area contributed by atoms with E-state index in [1.54, 1.807) is 18.2 Å². The van der Waals surface area contributed by atoms with Crippen molar-refractivity contribution in [3.05, 3.63) is 35.3 Å². The lowest BCUT2D eigenvalue weighted by Gasteiger charge is -2.08. The van der Waals surface area contributed by atoms with Crippen LogP contribution < -0.4 is 4.72 Å². The molecule has 116 valence electrons. The minimum atomic E-state index is -0.133. The van der Waals surface area contributed by atoms with Gasteiger partial charge in [0.2, 0.25) is 0 Å². The van der Waals surface area contributed by atoms with Crippen molar-refractivity contribution >= 4 is 23.0 Å². The second-order valence-corrected chi connectivity index (χ2v) is 7.25. The zero-order valence-corrected chi connectivity index (χ0v) is 14.2. The van der Waals surface area contributed by atoms with E-state index in [2.05, 4.69) is 29.3 Å². The lowest BCUT2D eigenvalue weighted by Crippen LogP contribution is -2.12. The molecule has 2 aromatic rings. The number of halogens is 1. The first-order valence-electron chi connectivity index (χ1n) is 7.23. The third-order valence-electron chi connectivity index (χ3n) is 3.32. The van der Waals surface area contributed by atoms with Gasteiger partial charge in [-0.25, -0.2) is 13.4 Å².